The van der Waals surface area contributed by atoms with Crippen LogP contribution < -0.4 is 14.4 Å². The Morgan fingerprint density at radius 1 is 0.634 bits per heavy atom. The maximum Gasteiger partial charge on any atom is 0.128 e. The fraction of sp³-hybridized carbons (Fsp3) is 0.294. The van der Waals surface area contributed by atoms with Crippen LogP contribution in [0.5, 0.6) is 11.5 Å². The quantitative estimate of drug-likeness (QED) is 0.124. The smallest absolute Gasteiger partial charge is 0.128 e. The lowest BCUT2D eigenvalue weighted by Gasteiger charge is -2.26. The number of nitrogens with zero attached hydrogens (tertiary/aromatic N) is 4. The highest BCUT2D eigenvalue weighted by atomic mass is 79.9. The van der Waals surface area contributed by atoms with Crippen LogP contribution in [0.15, 0.2) is 89.4 Å². The van der Waals surface area contributed by atoms with Gasteiger partial charge in [0.05, 0.1) is 20.8 Å². The number of ether oxygens (including phenoxy) is 2. The third-order valence-corrected chi connectivity index (χ3v) is 7.98. The molecule has 5 aromatic rings. The van der Waals surface area contributed by atoms with Crippen molar-refractivity contribution in [3.8, 4) is 22.6 Å². The summed E-state index contributed by atoms with van der Waals surface area (Å²) in [5.74, 6) is 1.64. The molecule has 0 aliphatic heterocycles. The highest BCUT2D eigenvalue weighted by Gasteiger charge is 2.16. The van der Waals surface area contributed by atoms with Gasteiger partial charge in [0, 0.05) is 27.1 Å². The molecule has 6 nitrogen and oxygen atoms in total. The number of aromatic nitrogens is 3. The molecule has 41 heavy (non-hydrogen) atoms. The number of hydrogen-bond donors (Lipinski definition) is 0. The molecule has 1 heterocycles. The van der Waals surface area contributed by atoms with Crippen LogP contribution in [-0.2, 0) is 6.54 Å². The third kappa shape index (κ3) is 6.73. The molecule has 0 N–H and O–H groups in total. The summed E-state index contributed by atoms with van der Waals surface area (Å²) in [4.78, 5) is 4.08. The van der Waals surface area contributed by atoms with Gasteiger partial charge in [0.15, 0.2) is 0 Å². The number of halogens is 1. The Morgan fingerprint density at radius 2 is 1.15 bits per heavy atom. The summed E-state index contributed by atoms with van der Waals surface area (Å²) in [5.41, 5.74) is 7.10. The van der Waals surface area contributed by atoms with Gasteiger partial charge >= 0.3 is 0 Å². The zero-order valence-corrected chi connectivity index (χ0v) is 25.6. The van der Waals surface area contributed by atoms with Gasteiger partial charge in [0.25, 0.3) is 0 Å². The average Bonchev–Trinajstić information content (AvgIpc) is 3.45. The topological polar surface area (TPSA) is 52.4 Å². The van der Waals surface area contributed by atoms with Gasteiger partial charge in [0.1, 0.15) is 22.5 Å². The summed E-state index contributed by atoms with van der Waals surface area (Å²) in [5, 5.41) is 9.73. The second-order valence-corrected chi connectivity index (χ2v) is 11.0. The summed E-state index contributed by atoms with van der Waals surface area (Å²) in [6.07, 6.45) is 7.48. The first kappa shape index (κ1) is 28.7. The summed E-state index contributed by atoms with van der Waals surface area (Å²) < 4.78 is 11.7. The van der Waals surface area contributed by atoms with Crippen LogP contribution in [0.2, 0.25) is 0 Å². The van der Waals surface area contributed by atoms with E-state index in [1.54, 1.807) is 14.2 Å². The van der Waals surface area contributed by atoms with Crippen molar-refractivity contribution >= 4 is 44.0 Å². The van der Waals surface area contributed by atoms with E-state index < -0.39 is 0 Å². The standard InChI is InChI=1S/C34H37BrN4O2/c1-4-5-6-7-8-9-24-38-36-33-31(22-23-32(35)34(33)37-38)25-10-12-26(13-11-25)39(27-14-18-29(40-2)19-15-27)28-16-20-30(41-3)21-17-28/h10-23H,4-9,24H2,1-3H3. The molecule has 4 aromatic carbocycles. The van der Waals surface area contributed by atoms with Crippen LogP contribution in [0.4, 0.5) is 17.1 Å². The minimum atomic E-state index is 0.822. The van der Waals surface area contributed by atoms with Crippen molar-refractivity contribution < 1.29 is 9.47 Å². The van der Waals surface area contributed by atoms with Crippen LogP contribution in [0, 0.1) is 0 Å². The van der Waals surface area contributed by atoms with Gasteiger partial charge in [-0.25, -0.2) is 0 Å². The molecule has 0 aliphatic carbocycles. The molecular weight excluding hydrogens is 576 g/mol. The summed E-state index contributed by atoms with van der Waals surface area (Å²) in [7, 11) is 3.36. The van der Waals surface area contributed by atoms with Crippen molar-refractivity contribution in [3.05, 3.63) is 89.4 Å². The number of unbranched alkanes of at least 4 members (excludes halogenated alkanes) is 5. The predicted octanol–water partition coefficient (Wildman–Crippen LogP) is 9.71. The fourth-order valence-corrected chi connectivity index (χ4v) is 5.47. The maximum atomic E-state index is 5.39. The Labute approximate surface area is 251 Å². The second-order valence-electron chi connectivity index (χ2n) is 10.1. The van der Waals surface area contributed by atoms with E-state index in [1.807, 2.05) is 29.1 Å². The SMILES string of the molecule is CCCCCCCCn1nc2c(Br)ccc(-c3ccc(N(c4ccc(OC)cc4)c4ccc(OC)cc4)cc3)c2n1. The van der Waals surface area contributed by atoms with E-state index in [0.717, 1.165) is 68.2 Å². The van der Waals surface area contributed by atoms with Crippen LogP contribution in [-0.4, -0.2) is 29.2 Å². The monoisotopic (exact) mass is 612 g/mol. The number of aryl methyl sites for hydroxylation is 1. The largest absolute Gasteiger partial charge is 0.497 e. The number of benzene rings is 4. The van der Waals surface area contributed by atoms with E-state index in [2.05, 4.69) is 88.4 Å². The molecule has 5 rings (SSSR count). The molecule has 0 saturated heterocycles. The lowest BCUT2D eigenvalue weighted by molar-refractivity contribution is 0.415. The van der Waals surface area contributed by atoms with Crippen molar-refractivity contribution in [2.24, 2.45) is 0 Å². The second kappa shape index (κ2) is 13.7. The Morgan fingerprint density at radius 3 is 1.71 bits per heavy atom. The first-order valence-corrected chi connectivity index (χ1v) is 15.1. The lowest BCUT2D eigenvalue weighted by Crippen LogP contribution is -2.09. The van der Waals surface area contributed by atoms with E-state index in [4.69, 9.17) is 19.7 Å². The first-order valence-electron chi connectivity index (χ1n) is 14.3. The minimum absolute atomic E-state index is 0.822. The van der Waals surface area contributed by atoms with Crippen LogP contribution >= 0.6 is 15.9 Å². The van der Waals surface area contributed by atoms with E-state index in [1.165, 1.54) is 32.1 Å². The summed E-state index contributed by atoms with van der Waals surface area (Å²) in [6, 6.07) is 29.0. The minimum Gasteiger partial charge on any atom is -0.497 e. The van der Waals surface area contributed by atoms with Crippen molar-refractivity contribution in [2.75, 3.05) is 19.1 Å². The number of rotatable bonds is 13. The highest BCUT2D eigenvalue weighted by Crippen LogP contribution is 2.38. The normalized spacial score (nSPS) is 11.1. The van der Waals surface area contributed by atoms with Crippen LogP contribution in [0.25, 0.3) is 22.2 Å². The number of fused-ring (bicyclic) bond motifs is 1. The molecule has 0 saturated carbocycles. The van der Waals surface area contributed by atoms with Crippen molar-refractivity contribution in [1.82, 2.24) is 15.0 Å². The Kier molecular flexibility index (Phi) is 9.57. The number of anilines is 3. The van der Waals surface area contributed by atoms with Gasteiger partial charge in [-0.1, -0.05) is 57.2 Å². The Hall–Kier alpha value is -3.84. The summed E-state index contributed by atoms with van der Waals surface area (Å²) >= 11 is 3.69. The van der Waals surface area contributed by atoms with Crippen molar-refractivity contribution in [2.45, 2.75) is 52.0 Å². The van der Waals surface area contributed by atoms with E-state index in [-0.39, 0.29) is 0 Å². The maximum absolute atomic E-state index is 5.39. The number of methoxy groups -OCH3 is 2. The van der Waals surface area contributed by atoms with E-state index >= 15 is 0 Å². The molecule has 7 heteroatoms. The van der Waals surface area contributed by atoms with E-state index in [0.29, 0.717) is 0 Å². The molecule has 0 radical (unpaired) electrons. The van der Waals surface area contributed by atoms with Gasteiger partial charge in [-0.15, -0.1) is 0 Å². The average molecular weight is 614 g/mol. The van der Waals surface area contributed by atoms with Gasteiger partial charge in [-0.05, 0) is 94.6 Å². The van der Waals surface area contributed by atoms with Crippen molar-refractivity contribution in [3.63, 3.8) is 0 Å². The molecule has 0 bridgehead atoms. The van der Waals surface area contributed by atoms with Gasteiger partial charge in [0.2, 0.25) is 0 Å². The Bertz CT molecular complexity index is 1500. The molecule has 0 fully saturated rings. The Balaban J connectivity index is 1.43. The molecule has 0 atom stereocenters. The zero-order valence-electron chi connectivity index (χ0n) is 24.0. The lowest BCUT2D eigenvalue weighted by atomic mass is 10.0. The molecule has 1 aromatic heterocycles. The number of hydrogen-bond acceptors (Lipinski definition) is 5. The summed E-state index contributed by atoms with van der Waals surface area (Å²) in [6.45, 7) is 3.09. The molecule has 212 valence electrons. The molecule has 0 aliphatic rings. The molecular formula is C34H37BrN4O2. The van der Waals surface area contributed by atoms with E-state index in [9.17, 15) is 0 Å². The molecule has 0 amide bonds. The predicted molar refractivity (Wildman–Crippen MR) is 172 cm³/mol. The zero-order chi connectivity index (χ0) is 28.6. The van der Waals surface area contributed by atoms with Gasteiger partial charge < -0.3 is 14.4 Å². The van der Waals surface area contributed by atoms with Crippen LogP contribution in [0.3, 0.4) is 0 Å². The highest BCUT2D eigenvalue weighted by molar-refractivity contribution is 9.10. The van der Waals surface area contributed by atoms with Crippen molar-refractivity contribution in [1.29, 1.82) is 0 Å². The molecule has 0 spiro atoms. The molecule has 0 unspecified atom stereocenters. The van der Waals surface area contributed by atoms with Gasteiger partial charge in [-0.2, -0.15) is 15.0 Å². The third-order valence-electron chi connectivity index (χ3n) is 7.34. The first-order chi connectivity index (χ1) is 20.1. The van der Waals surface area contributed by atoms with Gasteiger partial charge in [-0.3, -0.25) is 0 Å². The van der Waals surface area contributed by atoms with Crippen LogP contribution in [0.1, 0.15) is 45.4 Å². The fourth-order valence-electron chi connectivity index (χ4n) is 5.07.